The van der Waals surface area contributed by atoms with Gasteiger partial charge < -0.3 is 32.8 Å². The molecule has 9 nitrogen and oxygen atoms in total. The monoisotopic (exact) mass is 549 g/mol. The molecular formula is C25H33BNO8PS. The zero-order valence-corrected chi connectivity index (χ0v) is 22.9. The van der Waals surface area contributed by atoms with E-state index in [1.807, 2.05) is 24.3 Å². The molecule has 0 amide bonds. The number of aromatic nitrogens is 1. The van der Waals surface area contributed by atoms with Gasteiger partial charge in [0.2, 0.25) is 12.2 Å². The number of methoxy groups -OCH3 is 1. The van der Waals surface area contributed by atoms with Crippen molar-refractivity contribution in [3.8, 4) is 5.75 Å². The summed E-state index contributed by atoms with van der Waals surface area (Å²) in [5.41, 5.74) is 2.52. The van der Waals surface area contributed by atoms with Crippen molar-refractivity contribution in [1.82, 2.24) is 4.98 Å². The lowest BCUT2D eigenvalue weighted by Gasteiger charge is -2.35. The summed E-state index contributed by atoms with van der Waals surface area (Å²) in [6.07, 6.45) is 3.05. The van der Waals surface area contributed by atoms with Crippen LogP contribution in [-0.4, -0.2) is 48.9 Å². The van der Waals surface area contributed by atoms with Crippen molar-refractivity contribution in [1.29, 1.82) is 0 Å². The summed E-state index contributed by atoms with van der Waals surface area (Å²) >= 11 is 4.20. The van der Waals surface area contributed by atoms with Crippen LogP contribution in [0.5, 0.6) is 5.75 Å². The first-order chi connectivity index (χ1) is 17.9. The second-order valence-electron chi connectivity index (χ2n) is 9.12. The Morgan fingerprint density at radius 1 is 1.14 bits per heavy atom. The molecule has 2 fully saturated rings. The van der Waals surface area contributed by atoms with Crippen molar-refractivity contribution in [3.63, 3.8) is 0 Å². The molecule has 0 aliphatic carbocycles. The maximum atomic E-state index is 12.3. The van der Waals surface area contributed by atoms with E-state index in [1.54, 1.807) is 7.11 Å². The Balaban J connectivity index is 1.26. The first kappa shape index (κ1) is 28.1. The fourth-order valence-corrected chi connectivity index (χ4v) is 4.61. The van der Waals surface area contributed by atoms with Gasteiger partial charge in [0, 0.05) is 13.0 Å². The first-order valence-corrected chi connectivity index (χ1v) is 13.4. The molecule has 0 radical (unpaired) electrons. The maximum absolute atomic E-state index is 12.3. The number of ether oxygens (including phenoxy) is 5. The Hall–Kier alpha value is -1.88. The number of nitrogens with zero attached hydrogens (tertiary/aromatic N) is 1. The summed E-state index contributed by atoms with van der Waals surface area (Å²) in [5.74, 6) is 0.616. The smallest absolute Gasteiger partial charge is 0.380 e. The number of esters is 1. The molecule has 0 spiro atoms. The third-order valence-electron chi connectivity index (χ3n) is 6.09. The third-order valence-corrected chi connectivity index (χ3v) is 6.43. The van der Waals surface area contributed by atoms with E-state index in [-0.39, 0.29) is 43.2 Å². The maximum Gasteiger partial charge on any atom is 0.380 e. The van der Waals surface area contributed by atoms with Gasteiger partial charge in [-0.05, 0) is 37.0 Å². The molecule has 2 aromatic rings. The molecule has 0 saturated carbocycles. The number of carbonyl (C=O) groups is 1. The number of oxazole rings is 1. The second kappa shape index (κ2) is 13.8. The van der Waals surface area contributed by atoms with E-state index in [2.05, 4.69) is 33.2 Å². The lowest BCUT2D eigenvalue weighted by atomic mass is 9.94. The molecule has 1 aromatic carbocycles. The van der Waals surface area contributed by atoms with E-state index in [9.17, 15) is 4.79 Å². The van der Waals surface area contributed by atoms with E-state index in [0.29, 0.717) is 31.2 Å². The average Bonchev–Trinajstić information content (AvgIpc) is 3.33. The van der Waals surface area contributed by atoms with Gasteiger partial charge in [-0.3, -0.25) is 4.79 Å². The molecule has 2 aliphatic heterocycles. The molecule has 2 aliphatic rings. The van der Waals surface area contributed by atoms with Crippen LogP contribution < -0.4 is 4.74 Å². The minimum absolute atomic E-state index is 0.0192. The minimum Gasteiger partial charge on any atom is -0.497 e. The van der Waals surface area contributed by atoms with Gasteiger partial charge in [-0.1, -0.05) is 24.3 Å². The molecule has 200 valence electrons. The van der Waals surface area contributed by atoms with Gasteiger partial charge in [-0.25, -0.2) is 4.98 Å². The first-order valence-electron chi connectivity index (χ1n) is 12.2. The summed E-state index contributed by atoms with van der Waals surface area (Å²) in [4.78, 5) is 16.7. The summed E-state index contributed by atoms with van der Waals surface area (Å²) in [6.45, 7) is 5.29. The molecule has 3 heterocycles. The van der Waals surface area contributed by atoms with E-state index < -0.39 is 6.29 Å². The SMILES string of the molecule is C=C1C[C@H](C[C@@H]2CC(=O)O[C@H](c3coc(COCc4ccc(OC)cc4)n3)O2)O[C@@H](CCOB(P)S)C1. The number of hydrogen-bond acceptors (Lipinski definition) is 10. The van der Waals surface area contributed by atoms with E-state index >= 15 is 0 Å². The molecule has 4 rings (SSSR count). The zero-order chi connectivity index (χ0) is 26.2. The van der Waals surface area contributed by atoms with E-state index in [4.69, 9.17) is 32.8 Å². The van der Waals surface area contributed by atoms with E-state index in [0.717, 1.165) is 36.1 Å². The van der Waals surface area contributed by atoms with Gasteiger partial charge in [0.05, 0.1) is 38.4 Å². The fraction of sp³-hybridized carbons (Fsp3) is 0.520. The third kappa shape index (κ3) is 8.84. The Bertz CT molecular complexity index is 1040. The highest BCUT2D eigenvalue weighted by atomic mass is 32.1. The molecule has 1 aromatic heterocycles. The Morgan fingerprint density at radius 3 is 2.65 bits per heavy atom. The molecule has 37 heavy (non-hydrogen) atoms. The van der Waals surface area contributed by atoms with Crippen LogP contribution in [0.4, 0.5) is 0 Å². The predicted octanol–water partition coefficient (Wildman–Crippen LogP) is 4.42. The predicted molar refractivity (Wildman–Crippen MR) is 143 cm³/mol. The Labute approximate surface area is 225 Å². The van der Waals surface area contributed by atoms with Crippen molar-refractivity contribution in [2.24, 2.45) is 0 Å². The molecule has 1 unspecified atom stereocenters. The van der Waals surface area contributed by atoms with Crippen LogP contribution in [0.25, 0.3) is 0 Å². The van der Waals surface area contributed by atoms with Crippen molar-refractivity contribution in [2.45, 2.75) is 69.9 Å². The normalized spacial score (nSPS) is 24.1. The Kier molecular flexibility index (Phi) is 10.5. The number of carbonyl (C=O) groups excluding carboxylic acids is 1. The molecule has 12 heteroatoms. The summed E-state index contributed by atoms with van der Waals surface area (Å²) < 4.78 is 39.6. The zero-order valence-electron chi connectivity index (χ0n) is 20.9. The van der Waals surface area contributed by atoms with Crippen LogP contribution in [-0.2, 0) is 41.6 Å². The number of hydrogen-bond donors (Lipinski definition) is 1. The Morgan fingerprint density at radius 2 is 1.89 bits per heavy atom. The number of thiol groups is 1. The molecular weight excluding hydrogens is 516 g/mol. The van der Waals surface area contributed by atoms with Crippen molar-refractivity contribution in [2.75, 3.05) is 13.7 Å². The summed E-state index contributed by atoms with van der Waals surface area (Å²) in [7, 11) is 4.12. The summed E-state index contributed by atoms with van der Waals surface area (Å²) in [5, 5.41) is 0. The second-order valence-corrected chi connectivity index (χ2v) is 10.8. The van der Waals surface area contributed by atoms with Gasteiger partial charge in [-0.15, -0.1) is 9.12 Å². The van der Waals surface area contributed by atoms with Crippen LogP contribution in [0.2, 0.25) is 0 Å². The van der Waals surface area contributed by atoms with Crippen molar-refractivity contribution < 1.29 is 37.6 Å². The lowest BCUT2D eigenvalue weighted by molar-refractivity contribution is -0.224. The van der Waals surface area contributed by atoms with Crippen LogP contribution in [0.3, 0.4) is 0 Å². The molecule has 0 N–H and O–H groups in total. The molecule has 5 atom stereocenters. The highest BCUT2D eigenvalue weighted by Gasteiger charge is 2.35. The highest BCUT2D eigenvalue weighted by Crippen LogP contribution is 2.33. The minimum atomic E-state index is -0.935. The van der Waals surface area contributed by atoms with Crippen LogP contribution >= 0.6 is 21.6 Å². The van der Waals surface area contributed by atoms with Crippen LogP contribution in [0, 0.1) is 0 Å². The van der Waals surface area contributed by atoms with Gasteiger partial charge in [-0.2, -0.15) is 12.5 Å². The largest absolute Gasteiger partial charge is 0.497 e. The summed E-state index contributed by atoms with van der Waals surface area (Å²) in [6, 6.07) is 7.61. The number of rotatable bonds is 12. The van der Waals surface area contributed by atoms with Crippen molar-refractivity contribution >= 4 is 33.5 Å². The standard InChI is InChI=1S/C25H33BNO8PS/c1-16-9-19(7-8-32-26(36)37)33-20(10-16)11-21-12-24(28)35-25(34-21)22-14-31-23(27-22)15-30-13-17-3-5-18(29-2)6-4-17/h3-6,14,19-21,25,37H,1,7-13,15,36H2,2H3/t19-,20+,21+,25+/m0/s1. The lowest BCUT2D eigenvalue weighted by Crippen LogP contribution is -2.37. The van der Waals surface area contributed by atoms with Crippen LogP contribution in [0.1, 0.15) is 55.5 Å². The topological polar surface area (TPSA) is 98.5 Å². The molecule has 0 bridgehead atoms. The van der Waals surface area contributed by atoms with Gasteiger partial charge >= 0.3 is 11.9 Å². The van der Waals surface area contributed by atoms with Gasteiger partial charge in [0.15, 0.2) is 0 Å². The fourth-order valence-electron chi connectivity index (χ4n) is 4.37. The highest BCUT2D eigenvalue weighted by molar-refractivity contribution is 8.23. The van der Waals surface area contributed by atoms with E-state index in [1.165, 1.54) is 6.26 Å². The van der Waals surface area contributed by atoms with Crippen molar-refractivity contribution in [3.05, 3.63) is 59.8 Å². The quantitative estimate of drug-likeness (QED) is 0.136. The average molecular weight is 549 g/mol. The number of benzene rings is 1. The van der Waals surface area contributed by atoms with Crippen LogP contribution in [0.15, 0.2) is 47.1 Å². The van der Waals surface area contributed by atoms with Gasteiger partial charge in [0.25, 0.3) is 0 Å². The number of cyclic esters (lactones) is 1. The van der Waals surface area contributed by atoms with Gasteiger partial charge in [0.1, 0.15) is 24.3 Å². The molecule has 2 saturated heterocycles.